The van der Waals surface area contributed by atoms with Crippen LogP contribution in [0.4, 0.5) is 0 Å². The Kier molecular flexibility index (Phi) is 6.29. The van der Waals surface area contributed by atoms with Gasteiger partial charge in [0.2, 0.25) is 0 Å². The molecule has 0 saturated heterocycles. The molecule has 0 heterocycles. The van der Waals surface area contributed by atoms with Crippen molar-refractivity contribution in [3.63, 3.8) is 0 Å². The van der Waals surface area contributed by atoms with Gasteiger partial charge in [0, 0.05) is 17.1 Å². The van der Waals surface area contributed by atoms with E-state index in [1.165, 1.54) is 0 Å². The molecule has 0 aliphatic rings. The third kappa shape index (κ3) is 4.99. The predicted molar refractivity (Wildman–Crippen MR) is 111 cm³/mol. The van der Waals surface area contributed by atoms with Gasteiger partial charge < -0.3 is 10.1 Å². The number of carbonyl (C=O) groups is 1. The highest BCUT2D eigenvalue weighted by Gasteiger charge is 2.12. The molecule has 27 heavy (non-hydrogen) atoms. The van der Waals surface area contributed by atoms with E-state index in [0.29, 0.717) is 17.1 Å². The molecule has 0 saturated carbocycles. The van der Waals surface area contributed by atoms with E-state index >= 15 is 0 Å². The first kappa shape index (κ1) is 18.7. The van der Waals surface area contributed by atoms with Crippen molar-refractivity contribution in [1.82, 2.24) is 5.32 Å². The minimum Gasteiger partial charge on any atom is -0.497 e. The molecule has 4 heteroatoms. The van der Waals surface area contributed by atoms with Gasteiger partial charge in [-0.15, -0.1) is 0 Å². The van der Waals surface area contributed by atoms with Crippen LogP contribution in [0.1, 0.15) is 16.7 Å². The van der Waals surface area contributed by atoms with Crippen molar-refractivity contribution in [2.24, 2.45) is 0 Å². The standard InChI is InChI=1S/C23H20ClNO2/c1-27-20-13-11-17(12-14-20)16-25-23(26)21(18-7-3-2-4-8-18)15-19-9-5-6-10-22(19)24/h2-15H,16H2,1H3,(H,25,26). The van der Waals surface area contributed by atoms with Crippen LogP contribution >= 0.6 is 11.6 Å². The quantitative estimate of drug-likeness (QED) is 0.473. The Balaban J connectivity index is 1.84. The maximum atomic E-state index is 12.9. The lowest BCUT2D eigenvalue weighted by Crippen LogP contribution is -2.23. The zero-order valence-corrected chi connectivity index (χ0v) is 15.7. The minimum absolute atomic E-state index is 0.156. The van der Waals surface area contributed by atoms with Crippen LogP contribution in [0.15, 0.2) is 78.9 Å². The molecule has 0 atom stereocenters. The lowest BCUT2D eigenvalue weighted by Gasteiger charge is -2.11. The second-order valence-corrected chi connectivity index (χ2v) is 6.38. The van der Waals surface area contributed by atoms with Crippen LogP contribution in [-0.2, 0) is 11.3 Å². The number of halogens is 1. The van der Waals surface area contributed by atoms with Gasteiger partial charge in [0.15, 0.2) is 0 Å². The van der Waals surface area contributed by atoms with Gasteiger partial charge in [0.25, 0.3) is 5.91 Å². The largest absolute Gasteiger partial charge is 0.497 e. The van der Waals surface area contributed by atoms with Crippen LogP contribution in [0.3, 0.4) is 0 Å². The number of nitrogens with one attached hydrogen (secondary N) is 1. The summed E-state index contributed by atoms with van der Waals surface area (Å²) in [6.45, 7) is 0.426. The van der Waals surface area contributed by atoms with Crippen molar-refractivity contribution < 1.29 is 9.53 Å². The summed E-state index contributed by atoms with van der Waals surface area (Å²) in [6, 6.07) is 24.6. The second-order valence-electron chi connectivity index (χ2n) is 5.98. The van der Waals surface area contributed by atoms with E-state index < -0.39 is 0 Å². The van der Waals surface area contributed by atoms with Crippen molar-refractivity contribution >= 4 is 29.2 Å². The highest BCUT2D eigenvalue weighted by molar-refractivity contribution is 6.33. The summed E-state index contributed by atoms with van der Waals surface area (Å²) in [5.41, 5.74) is 3.20. The summed E-state index contributed by atoms with van der Waals surface area (Å²) in [6.07, 6.45) is 1.82. The van der Waals surface area contributed by atoms with Crippen molar-refractivity contribution in [3.05, 3.63) is 101 Å². The molecular weight excluding hydrogens is 358 g/mol. The number of hydrogen-bond acceptors (Lipinski definition) is 2. The fraction of sp³-hybridized carbons (Fsp3) is 0.0870. The van der Waals surface area contributed by atoms with Gasteiger partial charge >= 0.3 is 0 Å². The van der Waals surface area contributed by atoms with E-state index in [9.17, 15) is 4.79 Å². The van der Waals surface area contributed by atoms with Gasteiger partial charge in [-0.05, 0) is 41.0 Å². The Morgan fingerprint density at radius 3 is 2.30 bits per heavy atom. The first-order valence-corrected chi connectivity index (χ1v) is 8.98. The molecule has 0 fully saturated rings. The Bertz CT molecular complexity index is 934. The van der Waals surface area contributed by atoms with Crippen LogP contribution in [0.25, 0.3) is 11.6 Å². The third-order valence-corrected chi connectivity index (χ3v) is 4.49. The van der Waals surface area contributed by atoms with Gasteiger partial charge in [0.05, 0.1) is 7.11 Å². The fourth-order valence-corrected chi connectivity index (χ4v) is 2.86. The summed E-state index contributed by atoms with van der Waals surface area (Å²) in [4.78, 5) is 12.9. The van der Waals surface area contributed by atoms with E-state index in [2.05, 4.69) is 5.32 Å². The summed E-state index contributed by atoms with van der Waals surface area (Å²) < 4.78 is 5.16. The molecule has 1 amide bonds. The topological polar surface area (TPSA) is 38.3 Å². The SMILES string of the molecule is COc1ccc(CNC(=O)C(=Cc2ccccc2Cl)c2ccccc2)cc1. The lowest BCUT2D eigenvalue weighted by molar-refractivity contribution is -0.115. The molecule has 0 aliphatic carbocycles. The maximum absolute atomic E-state index is 12.9. The van der Waals surface area contributed by atoms with E-state index in [4.69, 9.17) is 16.3 Å². The van der Waals surface area contributed by atoms with Gasteiger partial charge in [-0.3, -0.25) is 4.79 Å². The first-order chi connectivity index (χ1) is 13.2. The van der Waals surface area contributed by atoms with Crippen molar-refractivity contribution in [1.29, 1.82) is 0 Å². The highest BCUT2D eigenvalue weighted by Crippen LogP contribution is 2.23. The average Bonchev–Trinajstić information content (AvgIpc) is 2.72. The van der Waals surface area contributed by atoms with Crippen molar-refractivity contribution in [3.8, 4) is 5.75 Å². The molecule has 3 aromatic rings. The number of carbonyl (C=O) groups excluding carboxylic acids is 1. The number of hydrogen-bond donors (Lipinski definition) is 1. The number of rotatable bonds is 6. The second kappa shape index (κ2) is 9.06. The Morgan fingerprint density at radius 2 is 1.63 bits per heavy atom. The smallest absolute Gasteiger partial charge is 0.252 e. The van der Waals surface area contributed by atoms with E-state index in [-0.39, 0.29) is 5.91 Å². The van der Waals surface area contributed by atoms with Crippen LogP contribution < -0.4 is 10.1 Å². The molecule has 0 spiro atoms. The summed E-state index contributed by atoms with van der Waals surface area (Å²) in [5.74, 6) is 0.630. The number of benzene rings is 3. The van der Waals surface area contributed by atoms with Crippen LogP contribution in [0, 0.1) is 0 Å². The molecule has 0 unspecified atom stereocenters. The number of amides is 1. The third-order valence-electron chi connectivity index (χ3n) is 4.15. The Labute approximate surface area is 164 Å². The number of ether oxygens (including phenoxy) is 1. The van der Waals surface area contributed by atoms with Gasteiger partial charge in [-0.2, -0.15) is 0 Å². The maximum Gasteiger partial charge on any atom is 0.252 e. The van der Waals surface area contributed by atoms with Crippen LogP contribution in [-0.4, -0.2) is 13.0 Å². The zero-order chi connectivity index (χ0) is 19.1. The molecular formula is C23H20ClNO2. The monoisotopic (exact) mass is 377 g/mol. The Hall–Kier alpha value is -3.04. The van der Waals surface area contributed by atoms with Crippen LogP contribution in [0.5, 0.6) is 5.75 Å². The lowest BCUT2D eigenvalue weighted by atomic mass is 10.0. The van der Waals surface area contributed by atoms with E-state index in [0.717, 1.165) is 22.4 Å². The summed E-state index contributed by atoms with van der Waals surface area (Å²) >= 11 is 6.27. The van der Waals surface area contributed by atoms with Gasteiger partial charge in [-0.1, -0.05) is 72.3 Å². The van der Waals surface area contributed by atoms with Crippen molar-refractivity contribution in [2.45, 2.75) is 6.54 Å². The molecule has 3 nitrogen and oxygen atoms in total. The molecule has 0 radical (unpaired) electrons. The molecule has 3 rings (SSSR count). The molecule has 136 valence electrons. The summed E-state index contributed by atoms with van der Waals surface area (Å²) in [5, 5.41) is 3.59. The summed E-state index contributed by atoms with van der Waals surface area (Å²) in [7, 11) is 1.63. The van der Waals surface area contributed by atoms with Crippen LogP contribution in [0.2, 0.25) is 5.02 Å². The predicted octanol–water partition coefficient (Wildman–Crippen LogP) is 5.21. The zero-order valence-electron chi connectivity index (χ0n) is 15.0. The van der Waals surface area contributed by atoms with Gasteiger partial charge in [-0.25, -0.2) is 0 Å². The van der Waals surface area contributed by atoms with E-state index in [1.807, 2.05) is 84.9 Å². The normalized spacial score (nSPS) is 11.1. The molecule has 0 bridgehead atoms. The number of methoxy groups -OCH3 is 1. The molecule has 0 aromatic heterocycles. The van der Waals surface area contributed by atoms with Gasteiger partial charge in [0.1, 0.15) is 5.75 Å². The Morgan fingerprint density at radius 1 is 0.963 bits per heavy atom. The minimum atomic E-state index is -0.156. The molecule has 0 aliphatic heterocycles. The average molecular weight is 378 g/mol. The first-order valence-electron chi connectivity index (χ1n) is 8.60. The van der Waals surface area contributed by atoms with E-state index in [1.54, 1.807) is 7.11 Å². The highest BCUT2D eigenvalue weighted by atomic mass is 35.5. The molecule has 3 aromatic carbocycles. The van der Waals surface area contributed by atoms with Crippen molar-refractivity contribution in [2.75, 3.05) is 7.11 Å². The molecule has 1 N–H and O–H groups in total. The fourth-order valence-electron chi connectivity index (χ4n) is 2.67.